The summed E-state index contributed by atoms with van der Waals surface area (Å²) in [6.07, 6.45) is 2.07. The van der Waals surface area contributed by atoms with Crippen LogP contribution in [0.3, 0.4) is 0 Å². The minimum absolute atomic E-state index is 0.237. The molecule has 100 valence electrons. The van der Waals surface area contributed by atoms with Gasteiger partial charge < -0.3 is 4.90 Å². The van der Waals surface area contributed by atoms with E-state index in [2.05, 4.69) is 4.90 Å². The van der Waals surface area contributed by atoms with Gasteiger partial charge in [0.15, 0.2) is 10.2 Å². The molecule has 1 atom stereocenters. The fraction of sp³-hybridized carbons (Fsp3) is 0.833. The number of carbonyl (C=O) groups excluding carboxylic acids is 2. The van der Waals surface area contributed by atoms with E-state index in [0.717, 1.165) is 18.7 Å². The van der Waals surface area contributed by atoms with Crippen molar-refractivity contribution in [1.29, 1.82) is 0 Å². The maximum atomic E-state index is 11.4. The summed E-state index contributed by atoms with van der Waals surface area (Å²) in [6, 6.07) is 0. The lowest BCUT2D eigenvalue weighted by Crippen LogP contribution is -2.25. The standard InChI is InChI=1S/C12H23NO2S2/c1-5-11(14)16-8-7-10(9-13(3)4)17-12(15)6-2/h10H,5-9H2,1-4H3. The van der Waals surface area contributed by atoms with Crippen LogP contribution in [0.25, 0.3) is 0 Å². The third kappa shape index (κ3) is 9.68. The monoisotopic (exact) mass is 277 g/mol. The highest BCUT2D eigenvalue weighted by molar-refractivity contribution is 8.14. The molecule has 0 spiro atoms. The number of rotatable bonds is 8. The number of nitrogens with zero attached hydrogens (tertiary/aromatic N) is 1. The molecule has 0 radical (unpaired) electrons. The van der Waals surface area contributed by atoms with E-state index >= 15 is 0 Å². The summed E-state index contributed by atoms with van der Waals surface area (Å²) in [5, 5.41) is 0.777. The molecule has 0 aromatic rings. The number of carbonyl (C=O) groups is 2. The third-order valence-corrected chi connectivity index (χ3v) is 4.47. The van der Waals surface area contributed by atoms with Crippen LogP contribution in [-0.4, -0.2) is 46.8 Å². The van der Waals surface area contributed by atoms with Crippen molar-refractivity contribution in [3.8, 4) is 0 Å². The molecule has 0 amide bonds. The highest BCUT2D eigenvalue weighted by atomic mass is 32.2. The zero-order valence-corrected chi connectivity index (χ0v) is 12.8. The largest absolute Gasteiger partial charge is 0.308 e. The van der Waals surface area contributed by atoms with Crippen LogP contribution in [0.2, 0.25) is 0 Å². The molecule has 5 heteroatoms. The predicted molar refractivity (Wildman–Crippen MR) is 77.6 cm³/mol. The normalized spacial score (nSPS) is 12.8. The Balaban J connectivity index is 4.01. The fourth-order valence-corrected chi connectivity index (χ4v) is 3.40. The molecule has 0 aliphatic rings. The Morgan fingerprint density at radius 1 is 1.12 bits per heavy atom. The molecule has 0 N–H and O–H groups in total. The van der Waals surface area contributed by atoms with Crippen molar-refractivity contribution in [1.82, 2.24) is 4.90 Å². The summed E-state index contributed by atoms with van der Waals surface area (Å²) >= 11 is 2.81. The number of hydrogen-bond donors (Lipinski definition) is 0. The van der Waals surface area contributed by atoms with E-state index in [4.69, 9.17) is 0 Å². The van der Waals surface area contributed by atoms with Crippen molar-refractivity contribution in [3.63, 3.8) is 0 Å². The SMILES string of the molecule is CCC(=O)SCCC(CN(C)C)SC(=O)CC. The van der Waals surface area contributed by atoms with Gasteiger partial charge in [0.2, 0.25) is 0 Å². The van der Waals surface area contributed by atoms with E-state index < -0.39 is 0 Å². The topological polar surface area (TPSA) is 37.4 Å². The highest BCUT2D eigenvalue weighted by Crippen LogP contribution is 2.20. The highest BCUT2D eigenvalue weighted by Gasteiger charge is 2.15. The molecular formula is C12H23NO2S2. The zero-order valence-electron chi connectivity index (χ0n) is 11.2. The first-order valence-electron chi connectivity index (χ1n) is 5.99. The second-order valence-corrected chi connectivity index (χ2v) is 6.60. The van der Waals surface area contributed by atoms with Crippen LogP contribution in [0.1, 0.15) is 33.1 Å². The van der Waals surface area contributed by atoms with Gasteiger partial charge in [0, 0.05) is 30.4 Å². The first-order valence-corrected chi connectivity index (χ1v) is 7.85. The molecule has 0 rings (SSSR count). The van der Waals surface area contributed by atoms with Crippen LogP contribution >= 0.6 is 23.5 Å². The Hall–Kier alpha value is -0.0000000000000000555. The van der Waals surface area contributed by atoms with Gasteiger partial charge >= 0.3 is 0 Å². The molecular weight excluding hydrogens is 254 g/mol. The predicted octanol–water partition coefficient (Wildman–Crippen LogP) is 2.65. The van der Waals surface area contributed by atoms with E-state index in [-0.39, 0.29) is 10.2 Å². The Kier molecular flexibility index (Phi) is 9.97. The average molecular weight is 277 g/mol. The van der Waals surface area contributed by atoms with E-state index in [1.807, 2.05) is 27.9 Å². The van der Waals surface area contributed by atoms with Gasteiger partial charge in [0.05, 0.1) is 0 Å². The molecule has 0 aromatic heterocycles. The Labute approximate surface area is 113 Å². The summed E-state index contributed by atoms with van der Waals surface area (Å²) in [5.74, 6) is 0.815. The Morgan fingerprint density at radius 3 is 2.18 bits per heavy atom. The van der Waals surface area contributed by atoms with Gasteiger partial charge in [-0.3, -0.25) is 9.59 Å². The molecule has 0 bridgehead atoms. The maximum Gasteiger partial charge on any atom is 0.188 e. The van der Waals surface area contributed by atoms with Gasteiger partial charge in [-0.15, -0.1) is 0 Å². The third-order valence-electron chi connectivity index (χ3n) is 2.15. The van der Waals surface area contributed by atoms with Crippen molar-refractivity contribution in [2.45, 2.75) is 38.4 Å². The first kappa shape index (κ1) is 17.0. The molecule has 0 saturated carbocycles. The first-order chi connectivity index (χ1) is 7.99. The van der Waals surface area contributed by atoms with Crippen molar-refractivity contribution in [2.75, 3.05) is 26.4 Å². The lowest BCUT2D eigenvalue weighted by atomic mass is 10.3. The summed E-state index contributed by atoms with van der Waals surface area (Å²) in [5.41, 5.74) is 0. The van der Waals surface area contributed by atoms with Crippen molar-refractivity contribution in [3.05, 3.63) is 0 Å². The number of hydrogen-bond acceptors (Lipinski definition) is 5. The van der Waals surface area contributed by atoms with Gasteiger partial charge in [0.25, 0.3) is 0 Å². The van der Waals surface area contributed by atoms with Gasteiger partial charge in [-0.05, 0) is 20.5 Å². The smallest absolute Gasteiger partial charge is 0.188 e. The lowest BCUT2D eigenvalue weighted by molar-refractivity contribution is -0.111. The van der Waals surface area contributed by atoms with Gasteiger partial charge in [-0.25, -0.2) is 0 Å². The molecule has 0 aliphatic carbocycles. The summed E-state index contributed by atoms with van der Waals surface area (Å²) in [4.78, 5) is 24.7. The summed E-state index contributed by atoms with van der Waals surface area (Å²) in [7, 11) is 4.02. The second kappa shape index (κ2) is 9.97. The molecule has 3 nitrogen and oxygen atoms in total. The van der Waals surface area contributed by atoms with Crippen molar-refractivity contribution in [2.24, 2.45) is 0 Å². The van der Waals surface area contributed by atoms with Crippen LogP contribution < -0.4 is 0 Å². The van der Waals surface area contributed by atoms with E-state index in [1.54, 1.807) is 0 Å². The molecule has 0 saturated heterocycles. The van der Waals surface area contributed by atoms with Crippen molar-refractivity contribution >= 4 is 33.8 Å². The minimum Gasteiger partial charge on any atom is -0.308 e. The van der Waals surface area contributed by atoms with Crippen LogP contribution in [0.15, 0.2) is 0 Å². The molecule has 0 fully saturated rings. The van der Waals surface area contributed by atoms with Gasteiger partial charge in [0.1, 0.15) is 0 Å². The average Bonchev–Trinajstić information content (AvgIpc) is 2.27. The maximum absolute atomic E-state index is 11.4. The Bertz CT molecular complexity index is 245. The number of thioether (sulfide) groups is 2. The van der Waals surface area contributed by atoms with Crippen LogP contribution in [0, 0.1) is 0 Å². The van der Waals surface area contributed by atoms with E-state index in [0.29, 0.717) is 18.1 Å². The van der Waals surface area contributed by atoms with Gasteiger partial charge in [-0.1, -0.05) is 37.4 Å². The quantitative estimate of drug-likeness (QED) is 0.682. The molecule has 17 heavy (non-hydrogen) atoms. The van der Waals surface area contributed by atoms with E-state index in [9.17, 15) is 9.59 Å². The Morgan fingerprint density at radius 2 is 1.71 bits per heavy atom. The lowest BCUT2D eigenvalue weighted by Gasteiger charge is -2.19. The zero-order chi connectivity index (χ0) is 13.3. The second-order valence-electron chi connectivity index (χ2n) is 4.09. The summed E-state index contributed by atoms with van der Waals surface area (Å²) < 4.78 is 0. The van der Waals surface area contributed by atoms with Crippen LogP contribution in [-0.2, 0) is 9.59 Å². The fourth-order valence-electron chi connectivity index (χ4n) is 1.27. The van der Waals surface area contributed by atoms with Gasteiger partial charge in [-0.2, -0.15) is 0 Å². The molecule has 0 aromatic carbocycles. The molecule has 0 aliphatic heterocycles. The van der Waals surface area contributed by atoms with Crippen LogP contribution in [0.5, 0.6) is 0 Å². The minimum atomic E-state index is 0.237. The van der Waals surface area contributed by atoms with Crippen molar-refractivity contribution < 1.29 is 9.59 Å². The molecule has 0 heterocycles. The van der Waals surface area contributed by atoms with Crippen LogP contribution in [0.4, 0.5) is 0 Å². The van der Waals surface area contributed by atoms with E-state index in [1.165, 1.54) is 23.5 Å². The summed E-state index contributed by atoms with van der Waals surface area (Å²) in [6.45, 7) is 4.65. The molecule has 1 unspecified atom stereocenters.